The van der Waals surface area contributed by atoms with Gasteiger partial charge in [0.1, 0.15) is 11.5 Å². The minimum atomic E-state index is 0.580. The zero-order valence-electron chi connectivity index (χ0n) is 20.6. The first kappa shape index (κ1) is 23.4. The molecular formula is C30H32N2O2. The van der Waals surface area contributed by atoms with Crippen LogP contribution in [-0.2, 0) is 0 Å². The number of hydrogen-bond donors (Lipinski definition) is 1. The van der Waals surface area contributed by atoms with Crippen molar-refractivity contribution >= 4 is 11.4 Å². The van der Waals surface area contributed by atoms with Crippen molar-refractivity contribution in [2.45, 2.75) is 34.6 Å². The van der Waals surface area contributed by atoms with E-state index >= 15 is 0 Å². The van der Waals surface area contributed by atoms with E-state index in [9.17, 15) is 0 Å². The summed E-state index contributed by atoms with van der Waals surface area (Å²) in [5.74, 6) is 1.58. The van der Waals surface area contributed by atoms with Gasteiger partial charge in [0.2, 0.25) is 0 Å². The van der Waals surface area contributed by atoms with Gasteiger partial charge in [0, 0.05) is 29.2 Å². The molecule has 0 fully saturated rings. The first-order valence-corrected chi connectivity index (χ1v) is 11.8. The monoisotopic (exact) mass is 452 g/mol. The lowest BCUT2D eigenvalue weighted by Gasteiger charge is -2.15. The van der Waals surface area contributed by atoms with Crippen LogP contribution in [0.2, 0.25) is 0 Å². The zero-order valence-corrected chi connectivity index (χ0v) is 20.6. The molecule has 4 nitrogen and oxygen atoms in total. The van der Waals surface area contributed by atoms with E-state index in [1.54, 1.807) is 0 Å². The molecule has 0 spiro atoms. The fraction of sp³-hybridized carbons (Fsp3) is 0.233. The molecule has 0 bridgehead atoms. The summed E-state index contributed by atoms with van der Waals surface area (Å²) in [6, 6.07) is 23.0. The molecular weight excluding hydrogens is 420 g/mol. The third kappa shape index (κ3) is 5.23. The summed E-state index contributed by atoms with van der Waals surface area (Å²) in [5.41, 5.74) is 10.1. The third-order valence-electron chi connectivity index (χ3n) is 5.76. The van der Waals surface area contributed by atoms with E-state index in [4.69, 9.17) is 9.47 Å². The standard InChI is InChI=1S/C30H32N2O2/c1-6-33-26-12-13-27(29(19-26)34-7-2)28-18-24(14-15-31-28)23-8-10-25(11-9-23)32-30-21(4)16-20(3)17-22(30)5/h8-19,32H,6-7H2,1-5H3. The van der Waals surface area contributed by atoms with Gasteiger partial charge in [0.05, 0.1) is 18.9 Å². The Morgan fingerprint density at radius 2 is 1.44 bits per heavy atom. The molecule has 1 heterocycles. The summed E-state index contributed by atoms with van der Waals surface area (Å²) in [7, 11) is 0. The summed E-state index contributed by atoms with van der Waals surface area (Å²) in [4.78, 5) is 4.62. The fourth-order valence-electron chi connectivity index (χ4n) is 4.27. The van der Waals surface area contributed by atoms with Crippen LogP contribution in [0.15, 0.2) is 72.9 Å². The summed E-state index contributed by atoms with van der Waals surface area (Å²) in [5, 5.41) is 3.58. The Morgan fingerprint density at radius 1 is 0.735 bits per heavy atom. The Hall–Kier alpha value is -3.79. The molecule has 0 aliphatic rings. The van der Waals surface area contributed by atoms with Gasteiger partial charge in [-0.05, 0) is 93.3 Å². The number of pyridine rings is 1. The Balaban J connectivity index is 1.60. The largest absolute Gasteiger partial charge is 0.494 e. The van der Waals surface area contributed by atoms with Crippen LogP contribution in [0.4, 0.5) is 11.4 Å². The average molecular weight is 453 g/mol. The molecule has 0 aliphatic heterocycles. The van der Waals surface area contributed by atoms with Crippen molar-refractivity contribution in [3.63, 3.8) is 0 Å². The highest BCUT2D eigenvalue weighted by Crippen LogP contribution is 2.35. The molecule has 0 saturated carbocycles. The van der Waals surface area contributed by atoms with Gasteiger partial charge in [-0.2, -0.15) is 0 Å². The molecule has 0 aliphatic carbocycles. The lowest BCUT2D eigenvalue weighted by molar-refractivity contribution is 0.324. The number of aryl methyl sites for hydroxylation is 3. The van der Waals surface area contributed by atoms with Crippen molar-refractivity contribution in [1.82, 2.24) is 4.98 Å². The molecule has 174 valence electrons. The molecule has 0 saturated heterocycles. The number of nitrogens with one attached hydrogen (secondary N) is 1. The predicted molar refractivity (Wildman–Crippen MR) is 141 cm³/mol. The van der Waals surface area contributed by atoms with Crippen molar-refractivity contribution in [3.8, 4) is 33.9 Å². The van der Waals surface area contributed by atoms with Gasteiger partial charge < -0.3 is 14.8 Å². The summed E-state index contributed by atoms with van der Waals surface area (Å²) in [6.45, 7) is 11.6. The van der Waals surface area contributed by atoms with Crippen LogP contribution in [-0.4, -0.2) is 18.2 Å². The zero-order chi connectivity index (χ0) is 24.1. The Kier molecular flexibility index (Phi) is 7.17. The number of nitrogens with zero attached hydrogens (tertiary/aromatic N) is 1. The number of aromatic nitrogens is 1. The maximum absolute atomic E-state index is 5.89. The Morgan fingerprint density at radius 3 is 2.12 bits per heavy atom. The van der Waals surface area contributed by atoms with Gasteiger partial charge in [-0.1, -0.05) is 29.8 Å². The summed E-state index contributed by atoms with van der Waals surface area (Å²) >= 11 is 0. The summed E-state index contributed by atoms with van der Waals surface area (Å²) < 4.78 is 11.5. The van der Waals surface area contributed by atoms with E-state index in [1.807, 2.05) is 44.3 Å². The first-order chi connectivity index (χ1) is 16.5. The molecule has 0 radical (unpaired) electrons. The molecule has 4 aromatic rings. The molecule has 0 atom stereocenters. The minimum Gasteiger partial charge on any atom is -0.494 e. The predicted octanol–water partition coefficient (Wildman–Crippen LogP) is 7.88. The van der Waals surface area contributed by atoms with Crippen LogP contribution in [0.3, 0.4) is 0 Å². The second kappa shape index (κ2) is 10.4. The van der Waals surface area contributed by atoms with E-state index in [-0.39, 0.29) is 0 Å². The van der Waals surface area contributed by atoms with E-state index in [0.717, 1.165) is 39.6 Å². The van der Waals surface area contributed by atoms with Gasteiger partial charge >= 0.3 is 0 Å². The van der Waals surface area contributed by atoms with Crippen LogP contribution in [0.25, 0.3) is 22.4 Å². The van der Waals surface area contributed by atoms with Crippen molar-refractivity contribution < 1.29 is 9.47 Å². The van der Waals surface area contributed by atoms with Crippen LogP contribution in [0, 0.1) is 20.8 Å². The SMILES string of the molecule is CCOc1ccc(-c2cc(-c3ccc(Nc4c(C)cc(C)cc4C)cc3)ccn2)c(OCC)c1. The number of hydrogen-bond acceptors (Lipinski definition) is 4. The van der Waals surface area contributed by atoms with E-state index < -0.39 is 0 Å². The fourth-order valence-corrected chi connectivity index (χ4v) is 4.27. The molecule has 4 rings (SSSR count). The first-order valence-electron chi connectivity index (χ1n) is 11.8. The molecule has 4 heteroatoms. The van der Waals surface area contributed by atoms with Crippen molar-refractivity contribution in [1.29, 1.82) is 0 Å². The quantitative estimate of drug-likeness (QED) is 0.295. The second-order valence-electron chi connectivity index (χ2n) is 8.43. The normalized spacial score (nSPS) is 10.7. The maximum Gasteiger partial charge on any atom is 0.132 e. The Labute approximate surface area is 202 Å². The summed E-state index contributed by atoms with van der Waals surface area (Å²) in [6.07, 6.45) is 1.85. The van der Waals surface area contributed by atoms with Gasteiger partial charge in [-0.25, -0.2) is 0 Å². The lowest BCUT2D eigenvalue weighted by atomic mass is 10.0. The number of rotatable bonds is 8. The smallest absolute Gasteiger partial charge is 0.132 e. The van der Waals surface area contributed by atoms with Gasteiger partial charge in [0.15, 0.2) is 0 Å². The highest BCUT2D eigenvalue weighted by molar-refractivity contribution is 5.76. The lowest BCUT2D eigenvalue weighted by Crippen LogP contribution is -1.98. The van der Waals surface area contributed by atoms with Crippen molar-refractivity contribution in [3.05, 3.63) is 89.6 Å². The van der Waals surface area contributed by atoms with Crippen LogP contribution in [0.1, 0.15) is 30.5 Å². The molecule has 0 unspecified atom stereocenters. The second-order valence-corrected chi connectivity index (χ2v) is 8.43. The minimum absolute atomic E-state index is 0.580. The topological polar surface area (TPSA) is 43.4 Å². The van der Waals surface area contributed by atoms with Crippen LogP contribution < -0.4 is 14.8 Å². The van der Waals surface area contributed by atoms with E-state index in [2.05, 4.69) is 73.5 Å². The Bertz CT molecular complexity index is 1260. The third-order valence-corrected chi connectivity index (χ3v) is 5.76. The number of anilines is 2. The van der Waals surface area contributed by atoms with Crippen LogP contribution in [0.5, 0.6) is 11.5 Å². The number of benzene rings is 3. The van der Waals surface area contributed by atoms with E-state index in [1.165, 1.54) is 22.4 Å². The maximum atomic E-state index is 5.89. The van der Waals surface area contributed by atoms with Crippen molar-refractivity contribution in [2.24, 2.45) is 0 Å². The molecule has 3 aromatic carbocycles. The number of ether oxygens (including phenoxy) is 2. The van der Waals surface area contributed by atoms with Crippen LogP contribution >= 0.6 is 0 Å². The molecule has 1 aromatic heterocycles. The highest BCUT2D eigenvalue weighted by atomic mass is 16.5. The van der Waals surface area contributed by atoms with E-state index in [0.29, 0.717) is 13.2 Å². The highest BCUT2D eigenvalue weighted by Gasteiger charge is 2.11. The molecule has 34 heavy (non-hydrogen) atoms. The average Bonchev–Trinajstić information content (AvgIpc) is 2.82. The molecule has 0 amide bonds. The van der Waals surface area contributed by atoms with Gasteiger partial charge in [-0.15, -0.1) is 0 Å². The van der Waals surface area contributed by atoms with Gasteiger partial charge in [0.25, 0.3) is 0 Å². The molecule has 1 N–H and O–H groups in total. The van der Waals surface area contributed by atoms with Gasteiger partial charge in [-0.3, -0.25) is 4.98 Å². The van der Waals surface area contributed by atoms with Crippen molar-refractivity contribution in [2.75, 3.05) is 18.5 Å².